The number of nitrogens with one attached hydrogen (secondary N) is 2. The van der Waals surface area contributed by atoms with Crippen LogP contribution in [0.2, 0.25) is 0 Å². The third-order valence-electron chi connectivity index (χ3n) is 7.50. The minimum atomic E-state index is -3.84. The van der Waals surface area contributed by atoms with Gasteiger partial charge in [-0.1, -0.05) is 0 Å². The van der Waals surface area contributed by atoms with Crippen molar-refractivity contribution in [2.24, 2.45) is 13.0 Å². The van der Waals surface area contributed by atoms with Crippen LogP contribution < -0.4 is 10.0 Å². The van der Waals surface area contributed by atoms with Crippen LogP contribution in [0.25, 0.3) is 0 Å². The third kappa shape index (κ3) is 5.31. The van der Waals surface area contributed by atoms with E-state index >= 15 is 0 Å². The molecule has 2 fully saturated rings. The summed E-state index contributed by atoms with van der Waals surface area (Å²) in [4.78, 5) is 42.9. The summed E-state index contributed by atoms with van der Waals surface area (Å²) in [7, 11) is -0.279. The minimum absolute atomic E-state index is 0.0457. The standard InChI is InChI=1S/C24H34N7O5S2/c1-24(7-8-24)27-38(35,36)20-12-18-21(33)30(15-16-13-26-28(3)14-16)23(34)31(22(18)37-20)17-5-10-29(11-6-17)19(32)4-9-25-2/h12-14,17-18,25,27H,4-11,15H2,1-3H3/q+1. The number of rotatable bonds is 9. The third-order valence-corrected chi connectivity index (χ3v) is 10.8. The van der Waals surface area contributed by atoms with Crippen LogP contribution in [0.15, 0.2) is 22.7 Å². The molecule has 12 nitrogen and oxygen atoms in total. The number of likely N-dealkylation sites (tertiary alicyclic amines) is 1. The van der Waals surface area contributed by atoms with Crippen molar-refractivity contribution in [3.63, 3.8) is 0 Å². The van der Waals surface area contributed by atoms with Gasteiger partial charge in [-0.3, -0.25) is 9.48 Å². The lowest BCUT2D eigenvalue weighted by Gasteiger charge is -2.34. The molecule has 206 valence electrons. The fourth-order valence-electron chi connectivity index (χ4n) is 5.06. The molecular formula is C24H34N7O5S2+. The van der Waals surface area contributed by atoms with Crippen molar-refractivity contribution in [1.82, 2.24) is 29.6 Å². The second-order valence-electron chi connectivity index (χ2n) is 10.6. The molecule has 14 heteroatoms. The van der Waals surface area contributed by atoms with Crippen LogP contribution in [0.3, 0.4) is 0 Å². The minimum Gasteiger partial charge on any atom is -0.342 e. The van der Waals surface area contributed by atoms with Crippen LogP contribution in [0.1, 0.15) is 44.6 Å². The van der Waals surface area contributed by atoms with Crippen molar-refractivity contribution >= 4 is 44.7 Å². The molecule has 4 amide bonds. The van der Waals surface area contributed by atoms with E-state index in [4.69, 9.17) is 0 Å². The summed E-state index contributed by atoms with van der Waals surface area (Å²) in [6.07, 6.45) is 7.84. The molecule has 0 radical (unpaired) electrons. The van der Waals surface area contributed by atoms with Crippen LogP contribution in [0.5, 0.6) is 0 Å². The zero-order valence-corrected chi connectivity index (χ0v) is 23.5. The highest BCUT2D eigenvalue weighted by Gasteiger charge is 2.54. The van der Waals surface area contributed by atoms with Crippen molar-refractivity contribution in [3.8, 4) is 0 Å². The fraction of sp³-hybridized carbons (Fsp3) is 0.625. The number of amides is 4. The number of sulfonamides is 1. The molecule has 1 saturated carbocycles. The molecule has 4 heterocycles. The monoisotopic (exact) mass is 564 g/mol. The van der Waals surface area contributed by atoms with Gasteiger partial charge in [0.1, 0.15) is 22.7 Å². The normalized spacial score (nSPS) is 23.7. The highest BCUT2D eigenvalue weighted by molar-refractivity contribution is 8.27. The van der Waals surface area contributed by atoms with Gasteiger partial charge in [0, 0.05) is 63.2 Å². The van der Waals surface area contributed by atoms with Crippen molar-refractivity contribution in [2.75, 3.05) is 26.7 Å². The van der Waals surface area contributed by atoms with E-state index < -0.39 is 33.4 Å². The SMILES string of the molecule is CNCCC(=O)N1CCC([N+]2=C3SC(S(=O)(=O)NC4(C)CC4)=CC3C(=O)N(Cc3cnn(C)c3)C2=O)CC1. The Morgan fingerprint density at radius 2 is 1.97 bits per heavy atom. The molecule has 2 N–H and O–H groups in total. The summed E-state index contributed by atoms with van der Waals surface area (Å²) >= 11 is 0.990. The number of hydrogen-bond donors (Lipinski definition) is 2. The van der Waals surface area contributed by atoms with E-state index in [2.05, 4.69) is 15.1 Å². The molecule has 0 bridgehead atoms. The Balaban J connectivity index is 1.43. The van der Waals surface area contributed by atoms with Gasteiger partial charge in [-0.2, -0.15) is 19.4 Å². The quantitative estimate of drug-likeness (QED) is 0.416. The van der Waals surface area contributed by atoms with Crippen molar-refractivity contribution in [1.29, 1.82) is 0 Å². The van der Waals surface area contributed by atoms with Crippen LogP contribution in [-0.2, 0) is 33.2 Å². The Morgan fingerprint density at radius 3 is 2.58 bits per heavy atom. The second-order valence-corrected chi connectivity index (χ2v) is 13.6. The molecule has 1 aliphatic carbocycles. The van der Waals surface area contributed by atoms with E-state index in [-0.39, 0.29) is 22.7 Å². The number of aromatic nitrogens is 2. The Bertz CT molecular complexity index is 1320. The molecule has 5 rings (SSSR count). The number of carbonyl (C=O) groups is 3. The number of aryl methyl sites for hydroxylation is 1. The molecule has 0 aromatic carbocycles. The van der Waals surface area contributed by atoms with Crippen molar-refractivity contribution < 1.29 is 27.4 Å². The predicted molar refractivity (Wildman–Crippen MR) is 141 cm³/mol. The number of thioether (sulfide) groups is 1. The lowest BCUT2D eigenvalue weighted by molar-refractivity contribution is -0.485. The van der Waals surface area contributed by atoms with Gasteiger partial charge < -0.3 is 10.2 Å². The maximum atomic E-state index is 13.8. The number of carbonyl (C=O) groups excluding carboxylic acids is 3. The molecule has 1 aromatic rings. The van der Waals surface area contributed by atoms with Crippen LogP contribution in [0, 0.1) is 5.92 Å². The first-order chi connectivity index (χ1) is 18.0. The van der Waals surface area contributed by atoms with E-state index in [1.54, 1.807) is 40.6 Å². The highest BCUT2D eigenvalue weighted by atomic mass is 32.3. The van der Waals surface area contributed by atoms with Gasteiger partial charge in [-0.25, -0.2) is 17.9 Å². The molecule has 1 atom stereocenters. The van der Waals surface area contributed by atoms with Crippen LogP contribution in [-0.4, -0.2) is 93.7 Å². The summed E-state index contributed by atoms with van der Waals surface area (Å²) in [6.45, 7) is 3.49. The molecule has 0 spiro atoms. The molecular weight excluding hydrogens is 530 g/mol. The zero-order valence-electron chi connectivity index (χ0n) is 21.8. The first-order valence-corrected chi connectivity index (χ1v) is 15.2. The van der Waals surface area contributed by atoms with Gasteiger partial charge in [-0.15, -0.1) is 0 Å². The summed E-state index contributed by atoms with van der Waals surface area (Å²) in [5, 5.41) is 7.56. The van der Waals surface area contributed by atoms with Gasteiger partial charge in [-0.05, 0) is 44.7 Å². The van der Waals surface area contributed by atoms with Crippen molar-refractivity contribution in [3.05, 3.63) is 28.3 Å². The van der Waals surface area contributed by atoms with Gasteiger partial charge in [0.25, 0.3) is 0 Å². The second kappa shape index (κ2) is 10.2. The highest BCUT2D eigenvalue weighted by Crippen LogP contribution is 2.42. The van der Waals surface area contributed by atoms with E-state index in [0.29, 0.717) is 49.5 Å². The van der Waals surface area contributed by atoms with Gasteiger partial charge >= 0.3 is 11.9 Å². The maximum absolute atomic E-state index is 13.8. The summed E-state index contributed by atoms with van der Waals surface area (Å²) in [5.74, 6) is -1.24. The Kier molecular flexibility index (Phi) is 7.26. The van der Waals surface area contributed by atoms with Crippen LogP contribution >= 0.6 is 11.8 Å². The topological polar surface area (TPSA) is 137 Å². The van der Waals surface area contributed by atoms with Gasteiger partial charge in [0.15, 0.2) is 5.04 Å². The number of fused-ring (bicyclic) bond motifs is 1. The zero-order chi connectivity index (χ0) is 27.2. The smallest absolute Gasteiger partial charge is 0.342 e. The van der Waals surface area contributed by atoms with Gasteiger partial charge in [0.2, 0.25) is 15.9 Å². The summed E-state index contributed by atoms with van der Waals surface area (Å²) in [6, 6.07) is -0.721. The average Bonchev–Trinajstić information content (AvgIpc) is 3.24. The van der Waals surface area contributed by atoms with E-state index in [9.17, 15) is 22.8 Å². The predicted octanol–water partition coefficient (Wildman–Crippen LogP) is 0.570. The average molecular weight is 565 g/mol. The van der Waals surface area contributed by atoms with Crippen molar-refractivity contribution in [2.45, 2.75) is 57.2 Å². The maximum Gasteiger partial charge on any atom is 0.501 e. The van der Waals surface area contributed by atoms with E-state index in [1.807, 2.05) is 6.92 Å². The first kappa shape index (κ1) is 27.0. The Labute approximate surface area is 226 Å². The fourth-order valence-corrected chi connectivity index (χ4v) is 8.18. The molecule has 1 aromatic heterocycles. The Morgan fingerprint density at radius 1 is 1.26 bits per heavy atom. The number of imide groups is 1. The van der Waals surface area contributed by atoms with Crippen LogP contribution in [0.4, 0.5) is 4.79 Å². The van der Waals surface area contributed by atoms with Gasteiger partial charge in [0.05, 0.1) is 6.20 Å². The number of hydrogen-bond acceptors (Lipinski definition) is 8. The molecule has 3 aliphatic heterocycles. The largest absolute Gasteiger partial charge is 0.501 e. The summed E-state index contributed by atoms with van der Waals surface area (Å²) in [5.41, 5.74) is 0.241. The number of piperidine rings is 1. The van der Waals surface area contributed by atoms with E-state index in [0.717, 1.165) is 24.6 Å². The molecule has 38 heavy (non-hydrogen) atoms. The first-order valence-electron chi connectivity index (χ1n) is 12.9. The lowest BCUT2D eigenvalue weighted by atomic mass is 10.0. The Hall–Kier alpha value is -2.55. The summed E-state index contributed by atoms with van der Waals surface area (Å²) < 4.78 is 32.4. The number of urea groups is 1. The lowest BCUT2D eigenvalue weighted by Crippen LogP contribution is -2.56. The molecule has 1 unspecified atom stereocenters. The van der Waals surface area contributed by atoms with E-state index in [1.165, 1.54) is 11.0 Å². The molecule has 1 saturated heterocycles. The number of nitrogens with zero attached hydrogens (tertiary/aromatic N) is 5. The molecule has 4 aliphatic rings.